The van der Waals surface area contributed by atoms with E-state index in [2.05, 4.69) is 32.2 Å². The molecule has 1 aromatic heterocycles. The smallest absolute Gasteiger partial charge is 0.0690 e. The minimum Gasteiger partial charge on any atom is -0.278 e. The zero-order valence-corrected chi connectivity index (χ0v) is 7.43. The molecule has 0 bridgehead atoms. The maximum absolute atomic E-state index is 3.96. The van der Waals surface area contributed by atoms with E-state index in [4.69, 9.17) is 0 Å². The second-order valence-electron chi connectivity index (χ2n) is 2.38. The summed E-state index contributed by atoms with van der Waals surface area (Å²) < 4.78 is 0. The highest BCUT2D eigenvalue weighted by Gasteiger charge is 1.98. The van der Waals surface area contributed by atoms with E-state index < -0.39 is 0 Å². The van der Waals surface area contributed by atoms with Gasteiger partial charge in [0.2, 0.25) is 0 Å². The lowest BCUT2D eigenvalue weighted by Gasteiger charge is -1.94. The molecule has 0 atom stereocenters. The van der Waals surface area contributed by atoms with Gasteiger partial charge in [-0.05, 0) is 5.56 Å². The maximum atomic E-state index is 3.96. The molecular formula is C8H7BrN2. The first-order chi connectivity index (χ1) is 5.42. The van der Waals surface area contributed by atoms with Crippen LogP contribution in [0.4, 0.5) is 0 Å². The summed E-state index contributed by atoms with van der Waals surface area (Å²) in [6.07, 6.45) is 1.83. The molecule has 2 nitrogen and oxygen atoms in total. The SMILES string of the molecule is BrCc1cccc2cn[nH]c12. The van der Waals surface area contributed by atoms with E-state index in [-0.39, 0.29) is 0 Å². The quantitative estimate of drug-likeness (QED) is 0.721. The van der Waals surface area contributed by atoms with Crippen LogP contribution in [-0.4, -0.2) is 10.2 Å². The average Bonchev–Trinajstić information content (AvgIpc) is 2.50. The number of hydrogen-bond acceptors (Lipinski definition) is 1. The summed E-state index contributed by atoms with van der Waals surface area (Å²) in [5.41, 5.74) is 2.38. The lowest BCUT2D eigenvalue weighted by Crippen LogP contribution is -1.78. The molecule has 1 heterocycles. The molecule has 0 fully saturated rings. The van der Waals surface area contributed by atoms with Crippen molar-refractivity contribution in [3.05, 3.63) is 30.0 Å². The van der Waals surface area contributed by atoms with Gasteiger partial charge < -0.3 is 0 Å². The number of nitrogens with one attached hydrogen (secondary N) is 1. The van der Waals surface area contributed by atoms with Gasteiger partial charge in [0.25, 0.3) is 0 Å². The van der Waals surface area contributed by atoms with Gasteiger partial charge in [0, 0.05) is 10.7 Å². The molecule has 0 aliphatic rings. The fourth-order valence-electron chi connectivity index (χ4n) is 1.14. The standard InChI is InChI=1S/C8H7BrN2/c9-4-6-2-1-3-7-5-10-11-8(6)7/h1-3,5H,4H2,(H,10,11). The summed E-state index contributed by atoms with van der Waals surface area (Å²) >= 11 is 3.42. The summed E-state index contributed by atoms with van der Waals surface area (Å²) in [7, 11) is 0. The summed E-state index contributed by atoms with van der Waals surface area (Å²) in [5, 5.41) is 8.96. The summed E-state index contributed by atoms with van der Waals surface area (Å²) in [5.74, 6) is 0. The van der Waals surface area contributed by atoms with Crippen molar-refractivity contribution < 1.29 is 0 Å². The Balaban J connectivity index is 2.79. The molecule has 3 heteroatoms. The Morgan fingerprint density at radius 1 is 1.45 bits per heavy atom. The molecule has 2 rings (SSSR count). The summed E-state index contributed by atoms with van der Waals surface area (Å²) in [4.78, 5) is 0. The van der Waals surface area contributed by atoms with Crippen LogP contribution in [0.1, 0.15) is 5.56 Å². The molecule has 0 saturated heterocycles. The Labute approximate surface area is 72.7 Å². The molecular weight excluding hydrogens is 204 g/mol. The number of halogens is 1. The van der Waals surface area contributed by atoms with E-state index in [1.54, 1.807) is 0 Å². The Kier molecular flexibility index (Phi) is 1.66. The fraction of sp³-hybridized carbons (Fsp3) is 0.125. The number of hydrogen-bond donors (Lipinski definition) is 1. The zero-order chi connectivity index (χ0) is 7.68. The highest BCUT2D eigenvalue weighted by atomic mass is 79.9. The Morgan fingerprint density at radius 3 is 3.18 bits per heavy atom. The maximum Gasteiger partial charge on any atom is 0.0690 e. The number of nitrogens with zero attached hydrogens (tertiary/aromatic N) is 1. The van der Waals surface area contributed by atoms with Crippen molar-refractivity contribution >= 4 is 26.8 Å². The van der Waals surface area contributed by atoms with Gasteiger partial charge in [-0.2, -0.15) is 5.10 Å². The average molecular weight is 211 g/mol. The second kappa shape index (κ2) is 2.66. The fourth-order valence-corrected chi connectivity index (χ4v) is 1.61. The monoisotopic (exact) mass is 210 g/mol. The molecule has 0 aliphatic carbocycles. The second-order valence-corrected chi connectivity index (χ2v) is 2.95. The van der Waals surface area contributed by atoms with Crippen molar-refractivity contribution in [1.82, 2.24) is 10.2 Å². The van der Waals surface area contributed by atoms with Crippen molar-refractivity contribution in [2.75, 3.05) is 0 Å². The van der Waals surface area contributed by atoms with Gasteiger partial charge in [-0.3, -0.25) is 5.10 Å². The van der Waals surface area contributed by atoms with Crippen LogP contribution < -0.4 is 0 Å². The van der Waals surface area contributed by atoms with E-state index >= 15 is 0 Å². The molecule has 0 aliphatic heterocycles. The highest BCUT2D eigenvalue weighted by molar-refractivity contribution is 9.08. The largest absolute Gasteiger partial charge is 0.278 e. The van der Waals surface area contributed by atoms with Crippen LogP contribution in [0.5, 0.6) is 0 Å². The number of aromatic amines is 1. The normalized spacial score (nSPS) is 10.6. The van der Waals surface area contributed by atoms with Gasteiger partial charge in [0.1, 0.15) is 0 Å². The molecule has 1 aromatic carbocycles. The van der Waals surface area contributed by atoms with Gasteiger partial charge in [-0.15, -0.1) is 0 Å². The van der Waals surface area contributed by atoms with Crippen LogP contribution in [0, 0.1) is 0 Å². The van der Waals surface area contributed by atoms with Crippen LogP contribution in [0.15, 0.2) is 24.4 Å². The minimum atomic E-state index is 0.868. The summed E-state index contributed by atoms with van der Waals surface area (Å²) in [6, 6.07) is 6.16. The van der Waals surface area contributed by atoms with Gasteiger partial charge in [-0.1, -0.05) is 34.1 Å². The first kappa shape index (κ1) is 6.85. The van der Waals surface area contributed by atoms with Crippen molar-refractivity contribution in [2.45, 2.75) is 5.33 Å². The van der Waals surface area contributed by atoms with Crippen molar-refractivity contribution in [3.63, 3.8) is 0 Å². The number of alkyl halides is 1. The minimum absolute atomic E-state index is 0.868. The lowest BCUT2D eigenvalue weighted by molar-refractivity contribution is 1.11. The van der Waals surface area contributed by atoms with Gasteiger partial charge >= 0.3 is 0 Å². The third kappa shape index (κ3) is 1.05. The third-order valence-electron chi connectivity index (χ3n) is 1.71. The molecule has 0 spiro atoms. The van der Waals surface area contributed by atoms with Gasteiger partial charge in [-0.25, -0.2) is 0 Å². The number of H-pyrrole nitrogens is 1. The molecule has 1 N–H and O–H groups in total. The third-order valence-corrected chi connectivity index (χ3v) is 2.31. The van der Waals surface area contributed by atoms with Crippen LogP contribution in [0.2, 0.25) is 0 Å². The first-order valence-corrected chi connectivity index (χ1v) is 4.51. The van der Waals surface area contributed by atoms with E-state index in [1.165, 1.54) is 10.9 Å². The van der Waals surface area contributed by atoms with E-state index in [0.29, 0.717) is 0 Å². The molecule has 56 valence electrons. The van der Waals surface area contributed by atoms with Crippen molar-refractivity contribution in [2.24, 2.45) is 0 Å². The van der Waals surface area contributed by atoms with Crippen LogP contribution in [0.25, 0.3) is 10.9 Å². The van der Waals surface area contributed by atoms with Crippen molar-refractivity contribution in [1.29, 1.82) is 0 Å². The Bertz CT molecular complexity index is 367. The molecule has 2 aromatic rings. The molecule has 0 amide bonds. The molecule has 11 heavy (non-hydrogen) atoms. The zero-order valence-electron chi connectivity index (χ0n) is 5.84. The molecule has 0 radical (unpaired) electrons. The molecule has 0 unspecified atom stereocenters. The Morgan fingerprint density at radius 2 is 2.36 bits per heavy atom. The first-order valence-electron chi connectivity index (χ1n) is 3.39. The number of rotatable bonds is 1. The molecule has 0 saturated carbocycles. The number of fused-ring (bicyclic) bond motifs is 1. The summed E-state index contributed by atoms with van der Waals surface area (Å²) in [6.45, 7) is 0. The lowest BCUT2D eigenvalue weighted by atomic mass is 10.2. The van der Waals surface area contributed by atoms with Gasteiger partial charge in [0.05, 0.1) is 11.7 Å². The van der Waals surface area contributed by atoms with Crippen LogP contribution >= 0.6 is 15.9 Å². The number of benzene rings is 1. The van der Waals surface area contributed by atoms with Crippen molar-refractivity contribution in [3.8, 4) is 0 Å². The predicted molar refractivity (Wildman–Crippen MR) is 48.7 cm³/mol. The highest BCUT2D eigenvalue weighted by Crippen LogP contribution is 2.17. The topological polar surface area (TPSA) is 28.7 Å². The van der Waals surface area contributed by atoms with E-state index in [1.807, 2.05) is 18.3 Å². The predicted octanol–water partition coefficient (Wildman–Crippen LogP) is 2.46. The number of para-hydroxylation sites is 1. The van der Waals surface area contributed by atoms with Crippen LogP contribution in [0.3, 0.4) is 0 Å². The van der Waals surface area contributed by atoms with E-state index in [0.717, 1.165) is 10.8 Å². The van der Waals surface area contributed by atoms with E-state index in [9.17, 15) is 0 Å². The van der Waals surface area contributed by atoms with Crippen LogP contribution in [-0.2, 0) is 5.33 Å². The number of aromatic nitrogens is 2. The Hall–Kier alpha value is -0.830. The van der Waals surface area contributed by atoms with Gasteiger partial charge in [0.15, 0.2) is 0 Å².